The lowest BCUT2D eigenvalue weighted by Crippen LogP contribution is -1.94. The van der Waals surface area contributed by atoms with E-state index in [1.54, 1.807) is 0 Å². The normalized spacial score (nSPS) is 12.7. The first-order valence-corrected chi connectivity index (χ1v) is 5.83. The summed E-state index contributed by atoms with van der Waals surface area (Å²) in [6.45, 7) is 2.17. The zero-order chi connectivity index (χ0) is 10.7. The summed E-state index contributed by atoms with van der Waals surface area (Å²) in [4.78, 5) is 0. The monoisotopic (exact) mass is 266 g/mol. The molecule has 0 spiro atoms. The van der Waals surface area contributed by atoms with Crippen molar-refractivity contribution < 1.29 is 0 Å². The molecule has 0 amide bonds. The summed E-state index contributed by atoms with van der Waals surface area (Å²) in [7, 11) is 0. The molecule has 78 valence electrons. The molecule has 0 saturated carbocycles. The van der Waals surface area contributed by atoms with Gasteiger partial charge in [0, 0.05) is 10.9 Å². The van der Waals surface area contributed by atoms with Crippen LogP contribution in [0.3, 0.4) is 0 Å². The number of tetrazole rings is 1. The van der Waals surface area contributed by atoms with Crippen LogP contribution >= 0.6 is 15.9 Å². The Morgan fingerprint density at radius 3 is 3.00 bits per heavy atom. The number of nitrogens with zero attached hydrogens (tertiary/aromatic N) is 3. The third kappa shape index (κ3) is 2.23. The summed E-state index contributed by atoms with van der Waals surface area (Å²) in [6.07, 6.45) is 0. The lowest BCUT2D eigenvalue weighted by molar-refractivity contribution is 0.881. The minimum atomic E-state index is 0.483. The zero-order valence-electron chi connectivity index (χ0n) is 8.31. The van der Waals surface area contributed by atoms with Gasteiger partial charge in [0.1, 0.15) is 0 Å². The van der Waals surface area contributed by atoms with Crippen molar-refractivity contribution in [2.24, 2.45) is 0 Å². The van der Waals surface area contributed by atoms with Crippen molar-refractivity contribution in [3.8, 4) is 11.4 Å². The first-order valence-electron chi connectivity index (χ1n) is 4.71. The smallest absolute Gasteiger partial charge is 0.177 e. The van der Waals surface area contributed by atoms with Crippen molar-refractivity contribution in [1.29, 1.82) is 0 Å². The van der Waals surface area contributed by atoms with Gasteiger partial charge in [0.05, 0.1) is 0 Å². The Morgan fingerprint density at radius 2 is 2.33 bits per heavy atom. The summed E-state index contributed by atoms with van der Waals surface area (Å²) in [5, 5.41) is 14.9. The van der Waals surface area contributed by atoms with Crippen LogP contribution in [0.1, 0.15) is 18.4 Å². The molecular formula is C10H11BrN4. The van der Waals surface area contributed by atoms with Gasteiger partial charge in [0.25, 0.3) is 0 Å². The Bertz CT molecular complexity index is 427. The van der Waals surface area contributed by atoms with E-state index in [2.05, 4.69) is 55.6 Å². The number of halogens is 1. The number of hydrogen-bond acceptors (Lipinski definition) is 3. The van der Waals surface area contributed by atoms with E-state index in [9.17, 15) is 0 Å². The molecule has 0 fully saturated rings. The first kappa shape index (κ1) is 10.3. The molecule has 5 heteroatoms. The van der Waals surface area contributed by atoms with E-state index in [4.69, 9.17) is 0 Å². The lowest BCUT2D eigenvalue weighted by Gasteiger charge is -2.08. The SMILES string of the molecule is CC(CBr)c1cccc(-c2nn[nH]n2)c1. The molecule has 1 aromatic carbocycles. The van der Waals surface area contributed by atoms with Crippen LogP contribution in [0.5, 0.6) is 0 Å². The number of benzene rings is 1. The van der Waals surface area contributed by atoms with Gasteiger partial charge in [0.2, 0.25) is 5.82 Å². The van der Waals surface area contributed by atoms with E-state index in [1.807, 2.05) is 12.1 Å². The minimum absolute atomic E-state index is 0.483. The highest BCUT2D eigenvalue weighted by Crippen LogP contribution is 2.22. The highest BCUT2D eigenvalue weighted by atomic mass is 79.9. The van der Waals surface area contributed by atoms with E-state index >= 15 is 0 Å². The van der Waals surface area contributed by atoms with Gasteiger partial charge in [-0.25, -0.2) is 0 Å². The molecule has 0 saturated heterocycles. The predicted octanol–water partition coefficient (Wildman–Crippen LogP) is 2.37. The molecule has 1 unspecified atom stereocenters. The second-order valence-corrected chi connectivity index (χ2v) is 4.06. The Kier molecular flexibility index (Phi) is 3.11. The van der Waals surface area contributed by atoms with Gasteiger partial charge in [-0.05, 0) is 22.8 Å². The Balaban J connectivity index is 2.35. The zero-order valence-corrected chi connectivity index (χ0v) is 9.90. The number of nitrogens with one attached hydrogen (secondary N) is 1. The number of alkyl halides is 1. The second kappa shape index (κ2) is 4.53. The summed E-state index contributed by atoms with van der Waals surface area (Å²) < 4.78 is 0. The predicted molar refractivity (Wildman–Crippen MR) is 61.8 cm³/mol. The van der Waals surface area contributed by atoms with Crippen LogP contribution < -0.4 is 0 Å². The number of aromatic amines is 1. The third-order valence-corrected chi connectivity index (χ3v) is 3.26. The standard InChI is InChI=1S/C10H11BrN4/c1-7(6-11)8-3-2-4-9(5-8)10-12-14-15-13-10/h2-5,7H,6H2,1H3,(H,12,13,14,15). The van der Waals surface area contributed by atoms with Gasteiger partial charge < -0.3 is 0 Å². The van der Waals surface area contributed by atoms with Crippen molar-refractivity contribution in [1.82, 2.24) is 20.6 Å². The fourth-order valence-corrected chi connectivity index (χ4v) is 1.73. The number of aromatic nitrogens is 4. The quantitative estimate of drug-likeness (QED) is 0.868. The van der Waals surface area contributed by atoms with E-state index in [0.717, 1.165) is 10.9 Å². The number of H-pyrrole nitrogens is 1. The molecule has 0 aliphatic heterocycles. The second-order valence-electron chi connectivity index (χ2n) is 3.42. The molecule has 0 bridgehead atoms. The fourth-order valence-electron chi connectivity index (χ4n) is 1.36. The van der Waals surface area contributed by atoms with Crippen molar-refractivity contribution in [3.63, 3.8) is 0 Å². The molecule has 1 atom stereocenters. The molecular weight excluding hydrogens is 256 g/mol. The molecule has 1 aromatic heterocycles. The van der Waals surface area contributed by atoms with Crippen LogP contribution in [0.25, 0.3) is 11.4 Å². The highest BCUT2D eigenvalue weighted by Gasteiger charge is 2.07. The summed E-state index contributed by atoms with van der Waals surface area (Å²) >= 11 is 3.48. The van der Waals surface area contributed by atoms with E-state index in [0.29, 0.717) is 11.7 Å². The molecule has 0 radical (unpaired) electrons. The lowest BCUT2D eigenvalue weighted by atomic mass is 10.0. The average molecular weight is 267 g/mol. The van der Waals surface area contributed by atoms with E-state index in [1.165, 1.54) is 5.56 Å². The van der Waals surface area contributed by atoms with Gasteiger partial charge in [-0.2, -0.15) is 5.21 Å². The maximum absolute atomic E-state index is 3.95. The van der Waals surface area contributed by atoms with E-state index < -0.39 is 0 Å². The third-order valence-electron chi connectivity index (χ3n) is 2.29. The van der Waals surface area contributed by atoms with Gasteiger partial charge in [-0.3, -0.25) is 0 Å². The summed E-state index contributed by atoms with van der Waals surface area (Å²) in [5.41, 5.74) is 2.27. The Labute approximate surface area is 96.2 Å². The van der Waals surface area contributed by atoms with Crippen LogP contribution in [0, 0.1) is 0 Å². The van der Waals surface area contributed by atoms with Crippen LogP contribution in [-0.4, -0.2) is 26.0 Å². The molecule has 0 aliphatic rings. The molecule has 1 N–H and O–H groups in total. The Morgan fingerprint density at radius 1 is 1.47 bits per heavy atom. The molecule has 2 rings (SSSR count). The van der Waals surface area contributed by atoms with Crippen LogP contribution in [-0.2, 0) is 0 Å². The van der Waals surface area contributed by atoms with Gasteiger partial charge in [-0.1, -0.05) is 41.1 Å². The fraction of sp³-hybridized carbons (Fsp3) is 0.300. The van der Waals surface area contributed by atoms with E-state index in [-0.39, 0.29) is 0 Å². The van der Waals surface area contributed by atoms with Gasteiger partial charge in [-0.15, -0.1) is 10.2 Å². The van der Waals surface area contributed by atoms with Crippen molar-refractivity contribution in [2.75, 3.05) is 5.33 Å². The number of rotatable bonds is 3. The molecule has 1 heterocycles. The molecule has 4 nitrogen and oxygen atoms in total. The maximum Gasteiger partial charge on any atom is 0.204 e. The van der Waals surface area contributed by atoms with Crippen molar-refractivity contribution in [2.45, 2.75) is 12.8 Å². The molecule has 15 heavy (non-hydrogen) atoms. The van der Waals surface area contributed by atoms with Gasteiger partial charge >= 0.3 is 0 Å². The van der Waals surface area contributed by atoms with Crippen molar-refractivity contribution >= 4 is 15.9 Å². The minimum Gasteiger partial charge on any atom is -0.177 e. The summed E-state index contributed by atoms with van der Waals surface area (Å²) in [5.74, 6) is 1.12. The highest BCUT2D eigenvalue weighted by molar-refractivity contribution is 9.09. The molecule has 0 aliphatic carbocycles. The first-order chi connectivity index (χ1) is 7.31. The summed E-state index contributed by atoms with van der Waals surface area (Å²) in [6, 6.07) is 8.20. The van der Waals surface area contributed by atoms with Gasteiger partial charge in [0.15, 0.2) is 0 Å². The van der Waals surface area contributed by atoms with Crippen LogP contribution in [0.2, 0.25) is 0 Å². The van der Waals surface area contributed by atoms with Crippen LogP contribution in [0.15, 0.2) is 24.3 Å². The average Bonchev–Trinajstić information content (AvgIpc) is 2.82. The number of hydrogen-bond donors (Lipinski definition) is 1. The van der Waals surface area contributed by atoms with Crippen molar-refractivity contribution in [3.05, 3.63) is 29.8 Å². The molecule has 2 aromatic rings. The topological polar surface area (TPSA) is 54.5 Å². The maximum atomic E-state index is 3.95. The van der Waals surface area contributed by atoms with Crippen LogP contribution in [0.4, 0.5) is 0 Å². The largest absolute Gasteiger partial charge is 0.204 e. The Hall–Kier alpha value is -1.23.